The Kier molecular flexibility index (Phi) is 5.15. The molecule has 4 rings (SSSR count). The Balaban J connectivity index is 1.70. The Hall–Kier alpha value is -3.42. The van der Waals surface area contributed by atoms with Crippen molar-refractivity contribution in [3.8, 4) is 6.01 Å². The first-order valence-corrected chi connectivity index (χ1v) is 9.58. The summed E-state index contributed by atoms with van der Waals surface area (Å²) in [5.74, 6) is -1.33. The van der Waals surface area contributed by atoms with Gasteiger partial charge in [-0.15, -0.1) is 0 Å². The molecule has 6 nitrogen and oxygen atoms in total. The van der Waals surface area contributed by atoms with Crippen molar-refractivity contribution >= 4 is 5.91 Å². The minimum Gasteiger partial charge on any atom is -0.450 e. The van der Waals surface area contributed by atoms with Crippen LogP contribution in [0.2, 0.25) is 0 Å². The van der Waals surface area contributed by atoms with Gasteiger partial charge in [-0.05, 0) is 61.6 Å². The van der Waals surface area contributed by atoms with Crippen LogP contribution >= 0.6 is 0 Å². The molecule has 2 aromatic heterocycles. The summed E-state index contributed by atoms with van der Waals surface area (Å²) in [5.41, 5.74) is 5.08. The highest BCUT2D eigenvalue weighted by atomic mass is 19.1. The highest BCUT2D eigenvalue weighted by molar-refractivity contribution is 5.87. The van der Waals surface area contributed by atoms with Crippen LogP contribution in [0.15, 0.2) is 61.1 Å². The summed E-state index contributed by atoms with van der Waals surface area (Å²) in [7, 11) is 0. The number of amides is 1. The molecule has 1 aromatic carbocycles. The number of halogens is 2. The van der Waals surface area contributed by atoms with Gasteiger partial charge >= 0.3 is 6.01 Å². The summed E-state index contributed by atoms with van der Waals surface area (Å²) >= 11 is 0. The van der Waals surface area contributed by atoms with Crippen molar-refractivity contribution in [1.82, 2.24) is 15.0 Å². The molecule has 1 aliphatic rings. The monoisotopic (exact) mass is 410 g/mol. The molecule has 0 bridgehead atoms. The summed E-state index contributed by atoms with van der Waals surface area (Å²) in [6.45, 7) is 0. The van der Waals surface area contributed by atoms with Crippen molar-refractivity contribution < 1.29 is 18.3 Å². The number of pyridine rings is 1. The Morgan fingerprint density at radius 1 is 0.900 bits per heavy atom. The standard InChI is InChI=1S/C22H20F2N4O2/c23-16-4-2-15(3-5-16)21(19(25)29)8-10-22(11-9-21,18-7-6-17(24)14-28-18)30-20-26-12-1-13-27-20/h1-7,12-14H,8-11H2,(H2,25,29)/t21-,22-. The molecule has 8 heteroatoms. The Labute approximate surface area is 172 Å². The second kappa shape index (κ2) is 7.78. The van der Waals surface area contributed by atoms with Gasteiger partial charge in [-0.2, -0.15) is 0 Å². The second-order valence-electron chi connectivity index (χ2n) is 7.44. The minimum atomic E-state index is -0.960. The zero-order valence-corrected chi connectivity index (χ0v) is 16.1. The maximum absolute atomic E-state index is 13.5. The number of carbonyl (C=O) groups is 1. The van der Waals surface area contributed by atoms with E-state index in [0.29, 0.717) is 36.9 Å². The summed E-state index contributed by atoms with van der Waals surface area (Å²) in [4.78, 5) is 25.0. The van der Waals surface area contributed by atoms with E-state index in [0.717, 1.165) is 6.20 Å². The molecule has 3 aromatic rings. The van der Waals surface area contributed by atoms with E-state index >= 15 is 0 Å². The number of hydrogen-bond donors (Lipinski definition) is 1. The molecule has 1 saturated carbocycles. The van der Waals surface area contributed by atoms with Crippen molar-refractivity contribution in [2.24, 2.45) is 5.73 Å². The third-order valence-corrected chi connectivity index (χ3v) is 5.80. The maximum Gasteiger partial charge on any atom is 0.317 e. The first-order valence-electron chi connectivity index (χ1n) is 9.58. The molecule has 1 aliphatic carbocycles. The van der Waals surface area contributed by atoms with Crippen LogP contribution in [0.4, 0.5) is 8.78 Å². The Morgan fingerprint density at radius 3 is 2.10 bits per heavy atom. The van der Waals surface area contributed by atoms with Gasteiger partial charge in [-0.1, -0.05) is 12.1 Å². The summed E-state index contributed by atoms with van der Waals surface area (Å²) in [5, 5.41) is 0. The zero-order chi connectivity index (χ0) is 21.2. The number of rotatable bonds is 5. The lowest BCUT2D eigenvalue weighted by molar-refractivity contribution is -0.127. The predicted octanol–water partition coefficient (Wildman–Crippen LogP) is 3.42. The molecule has 1 fully saturated rings. The van der Waals surface area contributed by atoms with E-state index in [1.165, 1.54) is 18.2 Å². The number of carbonyl (C=O) groups excluding carboxylic acids is 1. The van der Waals surface area contributed by atoms with E-state index in [-0.39, 0.29) is 11.8 Å². The number of hydrogen-bond acceptors (Lipinski definition) is 5. The number of aromatic nitrogens is 3. The van der Waals surface area contributed by atoms with Crippen LogP contribution in [0.1, 0.15) is 36.9 Å². The maximum atomic E-state index is 13.5. The number of nitrogens with two attached hydrogens (primary N) is 1. The van der Waals surface area contributed by atoms with Crippen LogP contribution in [0, 0.1) is 11.6 Å². The SMILES string of the molecule is NC(=O)[C@]1(c2ccc(F)cc2)CC[C@](Oc2ncccn2)(c2ccc(F)cn2)CC1. The van der Waals surface area contributed by atoms with Gasteiger partial charge in [0.05, 0.1) is 17.3 Å². The molecule has 0 spiro atoms. The van der Waals surface area contributed by atoms with Gasteiger partial charge in [0.15, 0.2) is 5.60 Å². The van der Waals surface area contributed by atoms with E-state index in [4.69, 9.17) is 10.5 Å². The van der Waals surface area contributed by atoms with Gasteiger partial charge in [0.25, 0.3) is 0 Å². The van der Waals surface area contributed by atoms with Gasteiger partial charge in [-0.3, -0.25) is 9.78 Å². The molecule has 0 radical (unpaired) electrons. The highest BCUT2D eigenvalue weighted by Gasteiger charge is 2.50. The zero-order valence-electron chi connectivity index (χ0n) is 16.1. The van der Waals surface area contributed by atoms with Crippen molar-refractivity contribution in [2.75, 3.05) is 0 Å². The predicted molar refractivity (Wildman–Crippen MR) is 104 cm³/mol. The second-order valence-corrected chi connectivity index (χ2v) is 7.44. The van der Waals surface area contributed by atoms with E-state index < -0.39 is 22.7 Å². The molecule has 0 saturated heterocycles. The van der Waals surface area contributed by atoms with Crippen molar-refractivity contribution in [3.05, 3.63) is 83.9 Å². The van der Waals surface area contributed by atoms with Gasteiger partial charge < -0.3 is 10.5 Å². The van der Waals surface area contributed by atoms with Gasteiger partial charge in [0.1, 0.15) is 11.6 Å². The molecule has 30 heavy (non-hydrogen) atoms. The van der Waals surface area contributed by atoms with Gasteiger partial charge in [0, 0.05) is 12.4 Å². The van der Waals surface area contributed by atoms with Crippen LogP contribution < -0.4 is 10.5 Å². The molecule has 2 N–H and O–H groups in total. The number of primary amides is 1. The molecule has 2 heterocycles. The topological polar surface area (TPSA) is 91.0 Å². The average molecular weight is 410 g/mol. The van der Waals surface area contributed by atoms with Crippen LogP contribution in [0.25, 0.3) is 0 Å². The van der Waals surface area contributed by atoms with Crippen molar-refractivity contribution in [2.45, 2.75) is 36.7 Å². The van der Waals surface area contributed by atoms with E-state index in [1.807, 2.05) is 0 Å². The smallest absolute Gasteiger partial charge is 0.317 e. The lowest BCUT2D eigenvalue weighted by atomic mass is 9.64. The quantitative estimate of drug-likeness (QED) is 0.696. The minimum absolute atomic E-state index is 0.164. The summed E-state index contributed by atoms with van der Waals surface area (Å²) in [6, 6.07) is 10.5. The normalized spacial score (nSPS) is 23.7. The fourth-order valence-electron chi connectivity index (χ4n) is 4.10. The highest BCUT2D eigenvalue weighted by Crippen LogP contribution is 2.48. The van der Waals surface area contributed by atoms with Gasteiger partial charge in [-0.25, -0.2) is 18.7 Å². The van der Waals surface area contributed by atoms with Crippen LogP contribution in [0.3, 0.4) is 0 Å². The van der Waals surface area contributed by atoms with Crippen LogP contribution in [0.5, 0.6) is 6.01 Å². The largest absolute Gasteiger partial charge is 0.450 e. The van der Waals surface area contributed by atoms with Crippen molar-refractivity contribution in [1.29, 1.82) is 0 Å². The van der Waals surface area contributed by atoms with Crippen LogP contribution in [-0.4, -0.2) is 20.9 Å². The van der Waals surface area contributed by atoms with E-state index in [1.54, 1.807) is 36.7 Å². The fraction of sp³-hybridized carbons (Fsp3) is 0.273. The van der Waals surface area contributed by atoms with Crippen molar-refractivity contribution in [3.63, 3.8) is 0 Å². The summed E-state index contributed by atoms with van der Waals surface area (Å²) < 4.78 is 33.1. The first kappa shape index (κ1) is 19.9. The summed E-state index contributed by atoms with van der Waals surface area (Å²) in [6.07, 6.45) is 5.67. The number of benzene rings is 1. The molecular weight excluding hydrogens is 390 g/mol. The molecule has 1 amide bonds. The van der Waals surface area contributed by atoms with E-state index in [9.17, 15) is 13.6 Å². The average Bonchev–Trinajstić information content (AvgIpc) is 2.76. The first-order chi connectivity index (χ1) is 14.4. The lowest BCUT2D eigenvalue weighted by Gasteiger charge is -2.44. The molecular formula is C22H20F2N4O2. The molecule has 0 unspecified atom stereocenters. The molecule has 154 valence electrons. The third kappa shape index (κ3) is 3.60. The van der Waals surface area contributed by atoms with E-state index in [2.05, 4.69) is 15.0 Å². The Bertz CT molecular complexity index is 1020. The molecule has 0 atom stereocenters. The van der Waals surface area contributed by atoms with Crippen LogP contribution in [-0.2, 0) is 15.8 Å². The Morgan fingerprint density at radius 2 is 1.53 bits per heavy atom. The number of ether oxygens (including phenoxy) is 1. The van der Waals surface area contributed by atoms with Gasteiger partial charge in [0.2, 0.25) is 5.91 Å². The lowest BCUT2D eigenvalue weighted by Crippen LogP contribution is -2.50. The fourth-order valence-corrected chi connectivity index (χ4v) is 4.10. The molecule has 0 aliphatic heterocycles. The number of nitrogens with zero attached hydrogens (tertiary/aromatic N) is 3. The third-order valence-electron chi connectivity index (χ3n) is 5.80.